The molecule has 0 spiro atoms. The molecule has 1 aliphatic rings. The molecule has 2 aromatic rings. The molecule has 1 fully saturated rings. The van der Waals surface area contributed by atoms with Crippen LogP contribution >= 0.6 is 11.8 Å². The van der Waals surface area contributed by atoms with Crippen molar-refractivity contribution < 1.29 is 23.8 Å². The number of halogens is 1. The van der Waals surface area contributed by atoms with Gasteiger partial charge in [0.05, 0.1) is 25.1 Å². The van der Waals surface area contributed by atoms with Crippen molar-refractivity contribution in [1.29, 1.82) is 0 Å². The summed E-state index contributed by atoms with van der Waals surface area (Å²) in [6.07, 6.45) is -2.74. The minimum atomic E-state index is -2.10. The second-order valence-electron chi connectivity index (χ2n) is 6.57. The van der Waals surface area contributed by atoms with Crippen molar-refractivity contribution in [2.75, 3.05) is 6.61 Å². The Labute approximate surface area is 162 Å². The average Bonchev–Trinajstić information content (AvgIpc) is 2.93. The Morgan fingerprint density at radius 2 is 1.63 bits per heavy atom. The van der Waals surface area contributed by atoms with E-state index in [0.29, 0.717) is 6.61 Å². The number of hydrogen-bond donors (Lipinski definition) is 1. The molecule has 1 heterocycles. The van der Waals surface area contributed by atoms with E-state index in [9.17, 15) is 14.3 Å². The predicted octanol–water partition coefficient (Wildman–Crippen LogP) is 3.52. The van der Waals surface area contributed by atoms with Crippen LogP contribution in [0.3, 0.4) is 0 Å². The summed E-state index contributed by atoms with van der Waals surface area (Å²) in [6.45, 7) is 1.95. The first-order valence-electron chi connectivity index (χ1n) is 8.83. The lowest BCUT2D eigenvalue weighted by Crippen LogP contribution is -2.44. The summed E-state index contributed by atoms with van der Waals surface area (Å²) in [7, 11) is 0. The van der Waals surface area contributed by atoms with Crippen molar-refractivity contribution in [2.24, 2.45) is 0 Å². The Morgan fingerprint density at radius 1 is 1.07 bits per heavy atom. The van der Waals surface area contributed by atoms with Gasteiger partial charge in [-0.25, -0.2) is 4.39 Å². The van der Waals surface area contributed by atoms with Crippen LogP contribution in [0.5, 0.6) is 0 Å². The number of aliphatic hydroxyl groups is 1. The van der Waals surface area contributed by atoms with E-state index < -0.39 is 28.2 Å². The van der Waals surface area contributed by atoms with E-state index in [-0.39, 0.29) is 13.2 Å². The molecule has 144 valence electrons. The van der Waals surface area contributed by atoms with Gasteiger partial charge in [-0.1, -0.05) is 60.7 Å². The van der Waals surface area contributed by atoms with Gasteiger partial charge in [-0.15, -0.1) is 11.8 Å². The van der Waals surface area contributed by atoms with Crippen LogP contribution in [0.15, 0.2) is 60.7 Å². The van der Waals surface area contributed by atoms with E-state index in [1.165, 1.54) is 6.92 Å². The number of Topliss-reactive ketones (excluding diaryl/α,β-unsaturated/α-hetero) is 1. The van der Waals surface area contributed by atoms with Gasteiger partial charge in [0.25, 0.3) is 0 Å². The molecular weight excluding hydrogens is 367 g/mol. The van der Waals surface area contributed by atoms with Crippen LogP contribution in [0.4, 0.5) is 4.39 Å². The van der Waals surface area contributed by atoms with Crippen molar-refractivity contribution in [3.05, 3.63) is 71.8 Å². The normalized spacial score (nSPS) is 27.6. The third-order valence-electron chi connectivity index (χ3n) is 4.54. The summed E-state index contributed by atoms with van der Waals surface area (Å²) in [5, 5.41) is 10.0. The molecule has 1 N–H and O–H groups in total. The van der Waals surface area contributed by atoms with Crippen LogP contribution in [0.1, 0.15) is 18.1 Å². The highest BCUT2D eigenvalue weighted by atomic mass is 32.2. The second kappa shape index (κ2) is 8.97. The van der Waals surface area contributed by atoms with E-state index in [0.717, 1.165) is 22.9 Å². The molecule has 1 unspecified atom stereocenters. The van der Waals surface area contributed by atoms with Gasteiger partial charge < -0.3 is 14.6 Å². The largest absolute Gasteiger partial charge is 0.376 e. The second-order valence-corrected chi connectivity index (χ2v) is 8.04. The van der Waals surface area contributed by atoms with E-state index in [4.69, 9.17) is 9.47 Å². The van der Waals surface area contributed by atoms with E-state index in [1.807, 2.05) is 60.7 Å². The summed E-state index contributed by atoms with van der Waals surface area (Å²) < 4.78 is 26.4. The molecule has 6 heteroatoms. The Morgan fingerprint density at radius 3 is 2.19 bits per heavy atom. The van der Waals surface area contributed by atoms with Crippen LogP contribution in [-0.2, 0) is 27.5 Å². The summed E-state index contributed by atoms with van der Waals surface area (Å²) in [5.41, 5.74) is 1.90. The van der Waals surface area contributed by atoms with Crippen molar-refractivity contribution >= 4 is 17.5 Å². The van der Waals surface area contributed by atoms with Crippen LogP contribution in [-0.4, -0.2) is 40.0 Å². The quantitative estimate of drug-likeness (QED) is 0.747. The molecule has 1 saturated heterocycles. The molecule has 0 aliphatic carbocycles. The number of ketones is 1. The maximum absolute atomic E-state index is 14.9. The first kappa shape index (κ1) is 20.0. The average molecular weight is 390 g/mol. The predicted molar refractivity (Wildman–Crippen MR) is 103 cm³/mol. The molecule has 3 rings (SSSR count). The van der Waals surface area contributed by atoms with Gasteiger partial charge in [0.1, 0.15) is 6.10 Å². The fourth-order valence-corrected chi connectivity index (χ4v) is 4.41. The number of carbonyl (C=O) groups excluding carboxylic acids is 1. The molecule has 0 aromatic heterocycles. The molecule has 0 radical (unpaired) electrons. The number of carbonyl (C=O) groups is 1. The molecule has 0 bridgehead atoms. The van der Waals surface area contributed by atoms with Gasteiger partial charge in [0.15, 0.2) is 12.0 Å². The fraction of sp³-hybridized carbons (Fsp3) is 0.381. The molecule has 2 aromatic carbocycles. The number of rotatable bonds is 8. The van der Waals surface area contributed by atoms with Gasteiger partial charge in [0.2, 0.25) is 4.93 Å². The zero-order valence-corrected chi connectivity index (χ0v) is 15.9. The lowest BCUT2D eigenvalue weighted by Gasteiger charge is -2.23. The van der Waals surface area contributed by atoms with E-state index >= 15 is 0 Å². The van der Waals surface area contributed by atoms with E-state index in [1.54, 1.807) is 0 Å². The summed E-state index contributed by atoms with van der Waals surface area (Å²) in [4.78, 5) is 9.74. The minimum Gasteiger partial charge on any atom is -0.376 e. The zero-order chi connectivity index (χ0) is 19.3. The van der Waals surface area contributed by atoms with Gasteiger partial charge in [-0.05, 0) is 18.1 Å². The van der Waals surface area contributed by atoms with Gasteiger partial charge in [0, 0.05) is 0 Å². The molecule has 27 heavy (non-hydrogen) atoms. The number of thioether (sulfide) groups is 1. The highest BCUT2D eigenvalue weighted by Gasteiger charge is 2.58. The van der Waals surface area contributed by atoms with Crippen LogP contribution in [0.2, 0.25) is 0 Å². The van der Waals surface area contributed by atoms with Crippen molar-refractivity contribution in [2.45, 2.75) is 42.6 Å². The first-order chi connectivity index (χ1) is 13.0. The molecule has 4 atom stereocenters. The lowest BCUT2D eigenvalue weighted by atomic mass is 10.0. The van der Waals surface area contributed by atoms with Gasteiger partial charge >= 0.3 is 0 Å². The highest BCUT2D eigenvalue weighted by Crippen LogP contribution is 2.46. The zero-order valence-electron chi connectivity index (χ0n) is 15.1. The maximum atomic E-state index is 14.9. The number of benzene rings is 2. The topological polar surface area (TPSA) is 55.8 Å². The number of hydrogen-bond acceptors (Lipinski definition) is 5. The third-order valence-corrected chi connectivity index (χ3v) is 6.12. The Balaban J connectivity index is 1.65. The highest BCUT2D eigenvalue weighted by molar-refractivity contribution is 8.02. The number of alkyl halides is 1. The van der Waals surface area contributed by atoms with Crippen LogP contribution < -0.4 is 0 Å². The Hall–Kier alpha value is -1.73. The summed E-state index contributed by atoms with van der Waals surface area (Å²) in [5.74, 6) is -0.612. The molecule has 0 saturated carbocycles. The van der Waals surface area contributed by atoms with Gasteiger partial charge in [-0.3, -0.25) is 4.79 Å². The van der Waals surface area contributed by atoms with Crippen molar-refractivity contribution in [1.82, 2.24) is 0 Å². The molecule has 4 nitrogen and oxygen atoms in total. The van der Waals surface area contributed by atoms with Gasteiger partial charge in [-0.2, -0.15) is 0 Å². The standard InChI is InChI=1S/C21H23FO4S/c1-15(23)21(24)20(22)19(26-13-17-10-6-3-7-11-17)18(27-21)14-25-12-16-8-4-2-5-9-16/h2-11,18-20,24H,12-14H2,1H3/t18-,19-,20+,21?/m1/s1. The summed E-state index contributed by atoms with van der Waals surface area (Å²) >= 11 is 0.889. The first-order valence-corrected chi connectivity index (χ1v) is 9.71. The lowest BCUT2D eigenvalue weighted by molar-refractivity contribution is -0.136. The number of ether oxygens (including phenoxy) is 2. The maximum Gasteiger partial charge on any atom is 0.203 e. The minimum absolute atomic E-state index is 0.176. The molecule has 0 amide bonds. The van der Waals surface area contributed by atoms with E-state index in [2.05, 4.69) is 0 Å². The van der Waals surface area contributed by atoms with Crippen molar-refractivity contribution in [3.63, 3.8) is 0 Å². The van der Waals surface area contributed by atoms with Crippen LogP contribution in [0.25, 0.3) is 0 Å². The summed E-state index contributed by atoms with van der Waals surface area (Å²) in [6, 6.07) is 19.0. The smallest absolute Gasteiger partial charge is 0.203 e. The molecule has 1 aliphatic heterocycles. The third kappa shape index (κ3) is 4.76. The Kier molecular flexibility index (Phi) is 6.65. The fourth-order valence-electron chi connectivity index (χ4n) is 3.01. The Bertz CT molecular complexity index is 742. The van der Waals surface area contributed by atoms with Crippen LogP contribution in [0, 0.1) is 0 Å². The SMILES string of the molecule is CC(=O)C1(O)S[C@H](COCc2ccccc2)[C@@H](OCc2ccccc2)[C@@H]1F. The molecular formula is C21H23FO4S. The monoisotopic (exact) mass is 390 g/mol. The van der Waals surface area contributed by atoms with Crippen molar-refractivity contribution in [3.8, 4) is 0 Å².